The van der Waals surface area contributed by atoms with Gasteiger partial charge in [-0.2, -0.15) is 10.2 Å². The van der Waals surface area contributed by atoms with Gasteiger partial charge in [0.2, 0.25) is 0 Å². The summed E-state index contributed by atoms with van der Waals surface area (Å²) in [6.07, 6.45) is 11.7. The molecule has 4 N–H and O–H groups in total. The number of hydrogen-bond acceptors (Lipinski definition) is 4. The number of allylic oxidation sites excluding steroid dienone is 2. The maximum Gasteiger partial charge on any atom is 0.322 e. The van der Waals surface area contributed by atoms with E-state index in [-0.39, 0.29) is 17.5 Å². The second-order valence-corrected chi connectivity index (χ2v) is 14.2. The molecule has 12 heteroatoms. The SMILES string of the molecule is CC1(c2n[nH]c3c2CN(C(=O)Nc2cccc(Cl)c2)CC3)CCC1.O=C(Nc1cccc(Cl)c1)N1CCc2[nH]nc(C3CC=CC3)c2C1. The Morgan fingerprint density at radius 3 is 1.90 bits per heavy atom. The Morgan fingerprint density at radius 2 is 1.35 bits per heavy atom. The quantitative estimate of drug-likeness (QED) is 0.162. The van der Waals surface area contributed by atoms with Crippen LogP contribution in [0.1, 0.15) is 78.8 Å². The zero-order chi connectivity index (χ0) is 33.3. The first kappa shape index (κ1) is 32.3. The molecule has 0 atom stereocenters. The Hall–Kier alpha value is -4.28. The number of benzene rings is 2. The van der Waals surface area contributed by atoms with E-state index < -0.39 is 0 Å². The number of nitrogens with zero attached hydrogens (tertiary/aromatic N) is 4. The van der Waals surface area contributed by atoms with Crippen LogP contribution in [-0.2, 0) is 31.3 Å². The zero-order valence-corrected chi connectivity index (χ0v) is 28.5. The van der Waals surface area contributed by atoms with Crippen LogP contribution in [0.4, 0.5) is 21.0 Å². The van der Waals surface area contributed by atoms with Gasteiger partial charge >= 0.3 is 12.1 Å². The summed E-state index contributed by atoms with van der Waals surface area (Å²) in [5.74, 6) is 0.445. The number of carbonyl (C=O) groups is 2. The van der Waals surface area contributed by atoms with Crippen LogP contribution in [-0.4, -0.2) is 55.3 Å². The Labute approximate surface area is 290 Å². The number of rotatable bonds is 4. The highest BCUT2D eigenvalue weighted by molar-refractivity contribution is 6.31. The van der Waals surface area contributed by atoms with Crippen molar-refractivity contribution in [3.05, 3.63) is 105 Å². The molecule has 10 nitrogen and oxygen atoms in total. The maximum absolute atomic E-state index is 12.6. The predicted octanol–water partition coefficient (Wildman–Crippen LogP) is 8.18. The molecular weight excluding hydrogens is 647 g/mol. The van der Waals surface area contributed by atoms with E-state index in [0.717, 1.165) is 42.8 Å². The Kier molecular flexibility index (Phi) is 9.20. The number of hydrogen-bond donors (Lipinski definition) is 4. The van der Waals surface area contributed by atoms with E-state index in [2.05, 4.69) is 50.1 Å². The molecule has 2 aliphatic heterocycles. The highest BCUT2D eigenvalue weighted by Gasteiger charge is 2.40. The molecule has 2 aliphatic carbocycles. The summed E-state index contributed by atoms with van der Waals surface area (Å²) in [6, 6.07) is 14.2. The van der Waals surface area contributed by atoms with Gasteiger partial charge in [0.25, 0.3) is 0 Å². The second-order valence-electron chi connectivity index (χ2n) is 13.4. The number of aromatic nitrogens is 4. The largest absolute Gasteiger partial charge is 0.322 e. The van der Waals surface area contributed by atoms with Gasteiger partial charge in [-0.25, -0.2) is 9.59 Å². The van der Waals surface area contributed by atoms with Gasteiger partial charge < -0.3 is 20.4 Å². The van der Waals surface area contributed by atoms with Gasteiger partial charge in [-0.15, -0.1) is 0 Å². The number of anilines is 2. The fraction of sp³-hybridized carbons (Fsp3) is 0.389. The summed E-state index contributed by atoms with van der Waals surface area (Å²) < 4.78 is 0. The molecule has 0 spiro atoms. The van der Waals surface area contributed by atoms with E-state index in [1.54, 1.807) is 24.3 Å². The van der Waals surface area contributed by atoms with Crippen LogP contribution in [0.2, 0.25) is 10.0 Å². The molecule has 4 heterocycles. The van der Waals surface area contributed by atoms with Gasteiger partial charge in [0.1, 0.15) is 0 Å². The molecular formula is C36H40Cl2N8O2. The highest BCUT2D eigenvalue weighted by atomic mass is 35.5. The summed E-state index contributed by atoms with van der Waals surface area (Å²) in [4.78, 5) is 28.9. The van der Waals surface area contributed by atoms with Gasteiger partial charge in [0.05, 0.1) is 24.5 Å². The average Bonchev–Trinajstić information content (AvgIpc) is 3.83. The smallest absolute Gasteiger partial charge is 0.320 e. The number of urea groups is 2. The van der Waals surface area contributed by atoms with Crippen molar-refractivity contribution in [2.75, 3.05) is 23.7 Å². The minimum absolute atomic E-state index is 0.0890. The van der Waals surface area contributed by atoms with E-state index in [0.29, 0.717) is 47.8 Å². The van der Waals surface area contributed by atoms with Crippen molar-refractivity contribution in [2.45, 2.75) is 76.3 Å². The molecule has 0 bridgehead atoms. The Bertz CT molecular complexity index is 1840. The van der Waals surface area contributed by atoms with E-state index in [1.807, 2.05) is 34.1 Å². The van der Waals surface area contributed by atoms with Gasteiger partial charge in [0.15, 0.2) is 0 Å². The van der Waals surface area contributed by atoms with Crippen LogP contribution < -0.4 is 10.6 Å². The third kappa shape index (κ3) is 6.82. The molecule has 1 fully saturated rings. The van der Waals surface area contributed by atoms with E-state index >= 15 is 0 Å². The topological polar surface area (TPSA) is 122 Å². The van der Waals surface area contributed by atoms with Crippen LogP contribution in [0.25, 0.3) is 0 Å². The van der Waals surface area contributed by atoms with Crippen LogP contribution >= 0.6 is 23.2 Å². The molecule has 4 aliphatic rings. The van der Waals surface area contributed by atoms with Crippen molar-refractivity contribution in [3.8, 4) is 0 Å². The Balaban J connectivity index is 0.000000152. The molecule has 250 valence electrons. The third-order valence-electron chi connectivity index (χ3n) is 10.0. The first-order chi connectivity index (χ1) is 23.3. The molecule has 1 saturated carbocycles. The first-order valence-corrected chi connectivity index (χ1v) is 17.4. The summed E-state index contributed by atoms with van der Waals surface area (Å²) in [6.45, 7) is 4.87. The minimum Gasteiger partial charge on any atom is -0.320 e. The summed E-state index contributed by atoms with van der Waals surface area (Å²) in [5, 5.41) is 22.5. The minimum atomic E-state index is -0.0976. The predicted molar refractivity (Wildman–Crippen MR) is 189 cm³/mol. The van der Waals surface area contributed by atoms with Crippen LogP contribution in [0.15, 0.2) is 60.7 Å². The number of aromatic amines is 2. The third-order valence-corrected chi connectivity index (χ3v) is 10.5. The van der Waals surface area contributed by atoms with Crippen molar-refractivity contribution in [1.29, 1.82) is 0 Å². The number of fused-ring (bicyclic) bond motifs is 2. The van der Waals surface area contributed by atoms with Crippen LogP contribution in [0.3, 0.4) is 0 Å². The lowest BCUT2D eigenvalue weighted by molar-refractivity contribution is 0.204. The van der Waals surface area contributed by atoms with Crippen molar-refractivity contribution < 1.29 is 9.59 Å². The number of H-pyrrole nitrogens is 2. The molecule has 0 unspecified atom stereocenters. The average molecular weight is 688 g/mol. The van der Waals surface area contributed by atoms with Gasteiger partial charge in [-0.05, 0) is 62.1 Å². The summed E-state index contributed by atoms with van der Waals surface area (Å²) >= 11 is 12.0. The lowest BCUT2D eigenvalue weighted by Crippen LogP contribution is -2.40. The zero-order valence-electron chi connectivity index (χ0n) is 27.0. The fourth-order valence-electron chi connectivity index (χ4n) is 7.12. The number of carbonyl (C=O) groups excluding carboxylic acids is 2. The summed E-state index contributed by atoms with van der Waals surface area (Å²) in [7, 11) is 0. The Morgan fingerprint density at radius 1 is 0.812 bits per heavy atom. The lowest BCUT2D eigenvalue weighted by Gasteiger charge is -2.38. The van der Waals surface area contributed by atoms with Gasteiger partial charge in [-0.1, -0.05) is 60.8 Å². The van der Waals surface area contributed by atoms with Crippen molar-refractivity contribution in [1.82, 2.24) is 30.2 Å². The number of halogens is 2. The molecule has 2 aromatic carbocycles. The van der Waals surface area contributed by atoms with E-state index in [4.69, 9.17) is 23.2 Å². The van der Waals surface area contributed by atoms with Gasteiger partial charge in [0, 0.05) is 81.2 Å². The van der Waals surface area contributed by atoms with Crippen molar-refractivity contribution in [3.63, 3.8) is 0 Å². The van der Waals surface area contributed by atoms with Crippen LogP contribution in [0, 0.1) is 0 Å². The molecule has 4 amide bonds. The standard InChI is InChI=1S/C18H21ClN4O.C18H19ClN4O/c1-18(7-3-8-18)16-14-11-23(9-6-15(14)21-22-16)17(24)20-13-5-2-4-12(19)10-13;19-13-6-3-7-14(10-13)20-18(24)23-9-8-16-15(11-23)17(22-21-16)12-4-1-2-5-12/h2,4-5,10H,3,6-9,11H2,1H3,(H,20,24)(H,21,22);1-3,6-7,10,12H,4-5,8-9,11H2,(H,20,24)(H,21,22). The molecule has 0 saturated heterocycles. The second kappa shape index (κ2) is 13.7. The van der Waals surface area contributed by atoms with Crippen molar-refractivity contribution in [2.24, 2.45) is 0 Å². The van der Waals surface area contributed by atoms with Crippen molar-refractivity contribution >= 4 is 46.6 Å². The first-order valence-electron chi connectivity index (χ1n) is 16.7. The number of nitrogens with one attached hydrogen (secondary N) is 4. The molecule has 4 aromatic rings. The summed E-state index contributed by atoms with van der Waals surface area (Å²) in [5.41, 5.74) is 8.65. The monoisotopic (exact) mass is 686 g/mol. The normalized spacial score (nSPS) is 17.9. The fourth-order valence-corrected chi connectivity index (χ4v) is 7.50. The van der Waals surface area contributed by atoms with E-state index in [1.165, 1.54) is 41.8 Å². The molecule has 48 heavy (non-hydrogen) atoms. The molecule has 2 aromatic heterocycles. The van der Waals surface area contributed by atoms with E-state index in [9.17, 15) is 9.59 Å². The van der Waals surface area contributed by atoms with Crippen LogP contribution in [0.5, 0.6) is 0 Å². The maximum atomic E-state index is 12.6. The molecule has 0 radical (unpaired) electrons. The highest BCUT2D eigenvalue weighted by Crippen LogP contribution is 2.45. The van der Waals surface area contributed by atoms with Gasteiger partial charge in [-0.3, -0.25) is 10.2 Å². The lowest BCUT2D eigenvalue weighted by atomic mass is 9.67. The molecule has 8 rings (SSSR count). The number of amides is 4.